The van der Waals surface area contributed by atoms with E-state index in [2.05, 4.69) is 5.92 Å². The molecule has 0 aliphatic rings. The van der Waals surface area contributed by atoms with E-state index in [9.17, 15) is 4.79 Å². The SMILES string of the molecule is C#C/C(C)=C\CC(C)CC=O. The molecule has 1 heteroatoms. The molecule has 0 aromatic carbocycles. The Balaban J connectivity index is 3.70. The number of allylic oxidation sites excluding steroid dienone is 2. The largest absolute Gasteiger partial charge is 0.303 e. The summed E-state index contributed by atoms with van der Waals surface area (Å²) < 4.78 is 0. The van der Waals surface area contributed by atoms with Crippen LogP contribution in [0.15, 0.2) is 11.6 Å². The number of terminal acetylenes is 1. The molecule has 0 bridgehead atoms. The lowest BCUT2D eigenvalue weighted by molar-refractivity contribution is -0.108. The first kappa shape index (κ1) is 9.97. The third kappa shape index (κ3) is 5.42. The lowest BCUT2D eigenvalue weighted by Crippen LogP contribution is -1.92. The van der Waals surface area contributed by atoms with Gasteiger partial charge in [0.15, 0.2) is 0 Å². The average Bonchev–Trinajstić information content (AvgIpc) is 2.01. The van der Waals surface area contributed by atoms with Gasteiger partial charge in [-0.3, -0.25) is 0 Å². The van der Waals surface area contributed by atoms with Gasteiger partial charge in [0.05, 0.1) is 0 Å². The van der Waals surface area contributed by atoms with Gasteiger partial charge in [-0.05, 0) is 24.8 Å². The maximum absolute atomic E-state index is 10.1. The number of rotatable bonds is 4. The first-order valence-electron chi connectivity index (χ1n) is 3.77. The molecule has 0 radical (unpaired) electrons. The van der Waals surface area contributed by atoms with Gasteiger partial charge >= 0.3 is 0 Å². The van der Waals surface area contributed by atoms with Crippen LogP contribution in [0.2, 0.25) is 0 Å². The zero-order chi connectivity index (χ0) is 8.69. The Hall–Kier alpha value is -1.03. The molecule has 0 heterocycles. The van der Waals surface area contributed by atoms with Gasteiger partial charge in [-0.15, -0.1) is 6.42 Å². The van der Waals surface area contributed by atoms with Gasteiger partial charge in [-0.25, -0.2) is 0 Å². The lowest BCUT2D eigenvalue weighted by Gasteiger charge is -2.01. The van der Waals surface area contributed by atoms with Crippen LogP contribution >= 0.6 is 0 Å². The maximum atomic E-state index is 10.1. The van der Waals surface area contributed by atoms with Crippen molar-refractivity contribution < 1.29 is 4.79 Å². The molecule has 0 saturated heterocycles. The van der Waals surface area contributed by atoms with Crippen LogP contribution in [0.4, 0.5) is 0 Å². The summed E-state index contributed by atoms with van der Waals surface area (Å²) in [7, 11) is 0. The first-order chi connectivity index (χ1) is 5.20. The van der Waals surface area contributed by atoms with Gasteiger partial charge < -0.3 is 4.79 Å². The van der Waals surface area contributed by atoms with E-state index in [-0.39, 0.29) is 0 Å². The topological polar surface area (TPSA) is 17.1 Å². The van der Waals surface area contributed by atoms with E-state index in [4.69, 9.17) is 6.42 Å². The van der Waals surface area contributed by atoms with Crippen molar-refractivity contribution in [1.82, 2.24) is 0 Å². The fourth-order valence-corrected chi connectivity index (χ4v) is 0.697. The van der Waals surface area contributed by atoms with Crippen molar-refractivity contribution in [3.63, 3.8) is 0 Å². The maximum Gasteiger partial charge on any atom is 0.120 e. The predicted molar refractivity (Wildman–Crippen MR) is 47.1 cm³/mol. The summed E-state index contributed by atoms with van der Waals surface area (Å²) >= 11 is 0. The molecule has 0 aliphatic carbocycles. The van der Waals surface area contributed by atoms with Gasteiger partial charge in [0, 0.05) is 6.42 Å². The van der Waals surface area contributed by atoms with E-state index in [0.29, 0.717) is 12.3 Å². The molecule has 0 saturated carbocycles. The summed E-state index contributed by atoms with van der Waals surface area (Å²) in [5.74, 6) is 2.95. The van der Waals surface area contributed by atoms with Crippen molar-refractivity contribution in [3.05, 3.63) is 11.6 Å². The van der Waals surface area contributed by atoms with Crippen LogP contribution in [0.5, 0.6) is 0 Å². The number of hydrogen-bond donors (Lipinski definition) is 0. The monoisotopic (exact) mass is 150 g/mol. The highest BCUT2D eigenvalue weighted by atomic mass is 16.1. The van der Waals surface area contributed by atoms with Crippen molar-refractivity contribution in [1.29, 1.82) is 0 Å². The van der Waals surface area contributed by atoms with Gasteiger partial charge in [-0.1, -0.05) is 18.9 Å². The Labute approximate surface area is 68.5 Å². The Morgan fingerprint density at radius 1 is 1.64 bits per heavy atom. The fourth-order valence-electron chi connectivity index (χ4n) is 0.697. The molecule has 0 aliphatic heterocycles. The van der Waals surface area contributed by atoms with Crippen LogP contribution in [0.25, 0.3) is 0 Å². The minimum absolute atomic E-state index is 0.413. The van der Waals surface area contributed by atoms with Gasteiger partial charge in [0.2, 0.25) is 0 Å². The molecule has 60 valence electrons. The summed E-state index contributed by atoms with van der Waals surface area (Å²) in [5.41, 5.74) is 0.947. The molecule has 1 nitrogen and oxygen atoms in total. The Bertz CT molecular complexity index is 184. The van der Waals surface area contributed by atoms with Gasteiger partial charge in [0.25, 0.3) is 0 Å². The van der Waals surface area contributed by atoms with E-state index in [0.717, 1.165) is 18.3 Å². The second-order valence-electron chi connectivity index (χ2n) is 2.77. The molecule has 11 heavy (non-hydrogen) atoms. The van der Waals surface area contributed by atoms with Crippen molar-refractivity contribution in [2.24, 2.45) is 5.92 Å². The third-order valence-corrected chi connectivity index (χ3v) is 1.55. The standard InChI is InChI=1S/C10H14O/c1-4-9(2)5-6-10(3)7-8-11/h1,5,8,10H,6-7H2,2-3H3/b9-5-. The quantitative estimate of drug-likeness (QED) is 0.443. The zero-order valence-corrected chi connectivity index (χ0v) is 7.13. The minimum atomic E-state index is 0.413. The molecule has 0 spiro atoms. The van der Waals surface area contributed by atoms with Gasteiger partial charge in [0.1, 0.15) is 6.29 Å². The van der Waals surface area contributed by atoms with Crippen molar-refractivity contribution in [3.8, 4) is 12.3 Å². The molecular weight excluding hydrogens is 136 g/mol. The van der Waals surface area contributed by atoms with E-state index in [1.54, 1.807) is 0 Å². The van der Waals surface area contributed by atoms with E-state index < -0.39 is 0 Å². The lowest BCUT2D eigenvalue weighted by atomic mass is 10.0. The first-order valence-corrected chi connectivity index (χ1v) is 3.77. The Morgan fingerprint density at radius 3 is 2.73 bits per heavy atom. The number of carbonyl (C=O) groups is 1. The smallest absolute Gasteiger partial charge is 0.120 e. The fraction of sp³-hybridized carbons (Fsp3) is 0.500. The Kier molecular flexibility index (Phi) is 5.20. The van der Waals surface area contributed by atoms with Crippen LogP contribution in [-0.4, -0.2) is 6.29 Å². The molecule has 0 aromatic heterocycles. The summed E-state index contributed by atoms with van der Waals surface area (Å²) in [6.07, 6.45) is 9.60. The van der Waals surface area contributed by atoms with Crippen LogP contribution in [0.3, 0.4) is 0 Å². The van der Waals surface area contributed by atoms with E-state index in [1.165, 1.54) is 0 Å². The number of hydrogen-bond acceptors (Lipinski definition) is 1. The normalized spacial score (nSPS) is 13.7. The van der Waals surface area contributed by atoms with Crippen LogP contribution in [0, 0.1) is 18.3 Å². The van der Waals surface area contributed by atoms with Crippen molar-refractivity contribution >= 4 is 6.29 Å². The van der Waals surface area contributed by atoms with Crippen molar-refractivity contribution in [2.45, 2.75) is 26.7 Å². The second-order valence-corrected chi connectivity index (χ2v) is 2.77. The molecule has 0 amide bonds. The molecule has 0 fully saturated rings. The zero-order valence-electron chi connectivity index (χ0n) is 7.13. The molecular formula is C10H14O. The Morgan fingerprint density at radius 2 is 2.27 bits per heavy atom. The molecule has 0 rings (SSSR count). The van der Waals surface area contributed by atoms with Crippen molar-refractivity contribution in [2.75, 3.05) is 0 Å². The average molecular weight is 150 g/mol. The highest BCUT2D eigenvalue weighted by Crippen LogP contribution is 2.07. The van der Waals surface area contributed by atoms with Gasteiger partial charge in [-0.2, -0.15) is 0 Å². The second kappa shape index (κ2) is 5.73. The van der Waals surface area contributed by atoms with Crippen LogP contribution < -0.4 is 0 Å². The summed E-state index contributed by atoms with van der Waals surface area (Å²) in [5, 5.41) is 0. The number of aldehydes is 1. The highest BCUT2D eigenvalue weighted by molar-refractivity contribution is 5.49. The summed E-state index contributed by atoms with van der Waals surface area (Å²) in [6.45, 7) is 3.93. The minimum Gasteiger partial charge on any atom is -0.303 e. The highest BCUT2D eigenvalue weighted by Gasteiger charge is 1.97. The number of carbonyl (C=O) groups excluding carboxylic acids is 1. The predicted octanol–water partition coefficient (Wildman–Crippen LogP) is 2.18. The van der Waals surface area contributed by atoms with Crippen LogP contribution in [-0.2, 0) is 4.79 Å². The molecule has 0 N–H and O–H groups in total. The van der Waals surface area contributed by atoms with E-state index in [1.807, 2.05) is 19.9 Å². The molecule has 1 unspecified atom stereocenters. The van der Waals surface area contributed by atoms with Crippen LogP contribution in [0.1, 0.15) is 26.7 Å². The molecule has 1 atom stereocenters. The summed E-state index contributed by atoms with van der Waals surface area (Å²) in [6, 6.07) is 0. The summed E-state index contributed by atoms with van der Waals surface area (Å²) in [4.78, 5) is 10.1. The third-order valence-electron chi connectivity index (χ3n) is 1.55. The van der Waals surface area contributed by atoms with E-state index >= 15 is 0 Å². The molecule has 0 aromatic rings.